The van der Waals surface area contributed by atoms with Crippen molar-refractivity contribution in [2.24, 2.45) is 17.3 Å². The smallest absolute Gasteiger partial charge is 0.237 e. The molecule has 1 aromatic rings. The molecule has 1 saturated carbocycles. The summed E-state index contributed by atoms with van der Waals surface area (Å²) >= 11 is 12.6. The molecule has 41 heavy (non-hydrogen) atoms. The molecule has 6 atom stereocenters. The lowest BCUT2D eigenvalue weighted by Crippen LogP contribution is -2.50. The van der Waals surface area contributed by atoms with E-state index in [-0.39, 0.29) is 28.4 Å². The quantitative estimate of drug-likeness (QED) is 0.194. The standard InChI is InChI=1S/C32H42Cl2FN3O3/c1-5-6-9-20(33)11-13-22-28(29(40)36-14-7-8-19-10-12-21(39)15-19)38-27(18-31(2,3)4)32(22)23-16-25(35)24(34)17-26(23)37-30(32)41/h5-6,9,11,13,16-17,19,21-22,27-28,38-39H,7-8,10,12,14-15,18H2,1-4H3,(H,36,40)(H,37,41)/b6-5-,13-11+,20-9+/t19-,21+,22+,27-,28-,32+/m1/s1. The number of anilines is 1. The molecule has 0 unspecified atom stereocenters. The van der Waals surface area contributed by atoms with Gasteiger partial charge in [-0.25, -0.2) is 4.39 Å². The minimum absolute atomic E-state index is 0.0760. The monoisotopic (exact) mass is 605 g/mol. The molecule has 2 aliphatic heterocycles. The molecule has 4 N–H and O–H groups in total. The first-order chi connectivity index (χ1) is 19.4. The zero-order valence-electron chi connectivity index (χ0n) is 24.3. The van der Waals surface area contributed by atoms with Gasteiger partial charge in [0.1, 0.15) is 5.82 Å². The Morgan fingerprint density at radius 1 is 1.29 bits per heavy atom. The van der Waals surface area contributed by atoms with Gasteiger partial charge in [0.2, 0.25) is 11.8 Å². The van der Waals surface area contributed by atoms with Crippen LogP contribution >= 0.6 is 23.2 Å². The summed E-state index contributed by atoms with van der Waals surface area (Å²) in [4.78, 5) is 27.8. The molecule has 1 saturated heterocycles. The van der Waals surface area contributed by atoms with Crippen molar-refractivity contribution in [3.05, 3.63) is 63.9 Å². The van der Waals surface area contributed by atoms with Crippen LogP contribution in [0.5, 0.6) is 0 Å². The van der Waals surface area contributed by atoms with E-state index in [0.29, 0.717) is 35.2 Å². The maximum absolute atomic E-state index is 15.0. The summed E-state index contributed by atoms with van der Waals surface area (Å²) < 4.78 is 15.0. The highest BCUT2D eigenvalue weighted by atomic mass is 35.5. The first-order valence-electron chi connectivity index (χ1n) is 14.6. The van der Waals surface area contributed by atoms with Crippen LogP contribution in [0.3, 0.4) is 0 Å². The molecule has 0 aromatic heterocycles. The number of halogens is 3. The first kappa shape index (κ1) is 31.7. The van der Waals surface area contributed by atoms with Crippen LogP contribution in [0.25, 0.3) is 0 Å². The number of carbonyl (C=O) groups is 2. The highest BCUT2D eigenvalue weighted by molar-refractivity contribution is 6.31. The minimum Gasteiger partial charge on any atom is -0.393 e. The summed E-state index contributed by atoms with van der Waals surface area (Å²) in [6.07, 6.45) is 13.7. The van der Waals surface area contributed by atoms with E-state index in [0.717, 1.165) is 32.1 Å². The van der Waals surface area contributed by atoms with Crippen LogP contribution in [0.1, 0.15) is 71.8 Å². The largest absolute Gasteiger partial charge is 0.393 e. The van der Waals surface area contributed by atoms with Gasteiger partial charge in [-0.2, -0.15) is 0 Å². The second-order valence-electron chi connectivity index (χ2n) is 12.8. The van der Waals surface area contributed by atoms with Crippen LogP contribution in [-0.2, 0) is 15.0 Å². The minimum atomic E-state index is -1.26. The van der Waals surface area contributed by atoms with E-state index in [1.165, 1.54) is 12.1 Å². The summed E-state index contributed by atoms with van der Waals surface area (Å²) in [5.74, 6) is -1.31. The highest BCUT2D eigenvalue weighted by Crippen LogP contribution is 2.54. The number of aliphatic hydroxyl groups is 1. The van der Waals surface area contributed by atoms with Crippen LogP contribution in [0.2, 0.25) is 5.02 Å². The van der Waals surface area contributed by atoms with Crippen LogP contribution in [-0.4, -0.2) is 41.7 Å². The van der Waals surface area contributed by atoms with Crippen molar-refractivity contribution in [3.63, 3.8) is 0 Å². The van der Waals surface area contributed by atoms with Gasteiger partial charge in [0.05, 0.1) is 22.6 Å². The Kier molecular flexibility index (Phi) is 10.1. The van der Waals surface area contributed by atoms with E-state index in [1.54, 1.807) is 18.2 Å². The van der Waals surface area contributed by atoms with Crippen molar-refractivity contribution in [1.82, 2.24) is 10.6 Å². The molecule has 0 bridgehead atoms. The van der Waals surface area contributed by atoms with Crippen molar-refractivity contribution < 1.29 is 19.1 Å². The number of hydrogen-bond donors (Lipinski definition) is 4. The van der Waals surface area contributed by atoms with Crippen LogP contribution in [0.15, 0.2) is 47.5 Å². The van der Waals surface area contributed by atoms with Gasteiger partial charge in [-0.05, 0) is 86.6 Å². The third-order valence-electron chi connectivity index (χ3n) is 8.56. The van der Waals surface area contributed by atoms with E-state index in [2.05, 4.69) is 36.7 Å². The summed E-state index contributed by atoms with van der Waals surface area (Å²) in [5, 5.41) is 19.7. The van der Waals surface area contributed by atoms with Gasteiger partial charge in [-0.3, -0.25) is 9.59 Å². The number of nitrogens with one attached hydrogen (secondary N) is 3. The summed E-state index contributed by atoms with van der Waals surface area (Å²) in [6, 6.07) is 1.56. The molecule has 2 fully saturated rings. The third-order valence-corrected chi connectivity index (χ3v) is 9.10. The van der Waals surface area contributed by atoms with E-state index < -0.39 is 29.2 Å². The summed E-state index contributed by atoms with van der Waals surface area (Å²) in [7, 11) is 0. The van der Waals surface area contributed by atoms with Crippen LogP contribution in [0.4, 0.5) is 10.1 Å². The molecule has 4 rings (SSSR count). The first-order valence-corrected chi connectivity index (χ1v) is 15.3. The lowest BCUT2D eigenvalue weighted by Gasteiger charge is -2.36. The fraction of sp³-hybridized carbons (Fsp3) is 0.562. The van der Waals surface area contributed by atoms with Gasteiger partial charge in [0.15, 0.2) is 0 Å². The lowest BCUT2D eigenvalue weighted by atomic mass is 9.64. The van der Waals surface area contributed by atoms with Gasteiger partial charge in [-0.15, -0.1) is 0 Å². The Labute approximate surface area is 252 Å². The number of benzene rings is 1. The van der Waals surface area contributed by atoms with Crippen molar-refractivity contribution >= 4 is 40.7 Å². The summed E-state index contributed by atoms with van der Waals surface area (Å²) in [6.45, 7) is 8.60. The molecule has 9 heteroatoms. The second-order valence-corrected chi connectivity index (χ2v) is 13.7. The van der Waals surface area contributed by atoms with Gasteiger partial charge >= 0.3 is 0 Å². The van der Waals surface area contributed by atoms with E-state index in [1.807, 2.05) is 19.1 Å². The predicted octanol–water partition coefficient (Wildman–Crippen LogP) is 6.37. The second kappa shape index (κ2) is 13.0. The SMILES string of the molecule is C\C=C/C=C(Cl)\C=C\[C@H]1[C@H](C(=O)NCCC[C@@H]2CC[C@H](O)C2)N[C@H](CC(C)(C)C)[C@]12C(=O)Nc1cc(Cl)c(F)cc12. The van der Waals surface area contributed by atoms with Gasteiger partial charge in [0.25, 0.3) is 0 Å². The molecule has 2 amide bonds. The number of fused-ring (bicyclic) bond motifs is 2. The Morgan fingerprint density at radius 2 is 2.05 bits per heavy atom. The van der Waals surface area contributed by atoms with Crippen molar-refractivity contribution in [3.8, 4) is 0 Å². The Balaban J connectivity index is 1.70. The Hall–Kier alpha value is -2.19. The fourth-order valence-corrected chi connectivity index (χ4v) is 7.07. The van der Waals surface area contributed by atoms with Crippen molar-refractivity contribution in [1.29, 1.82) is 0 Å². The van der Waals surface area contributed by atoms with Gasteiger partial charge in [-0.1, -0.05) is 62.2 Å². The summed E-state index contributed by atoms with van der Waals surface area (Å²) in [5.41, 5.74) is -0.516. The molecule has 1 aliphatic carbocycles. The zero-order chi connectivity index (χ0) is 29.9. The van der Waals surface area contributed by atoms with E-state index in [4.69, 9.17) is 23.2 Å². The predicted molar refractivity (Wildman–Crippen MR) is 163 cm³/mol. The zero-order valence-corrected chi connectivity index (χ0v) is 25.8. The number of allylic oxidation sites excluding steroid dienone is 5. The molecule has 0 radical (unpaired) electrons. The average molecular weight is 607 g/mol. The molecule has 1 aromatic carbocycles. The van der Waals surface area contributed by atoms with E-state index in [9.17, 15) is 19.1 Å². The van der Waals surface area contributed by atoms with Crippen LogP contribution in [0, 0.1) is 23.1 Å². The molecule has 6 nitrogen and oxygen atoms in total. The highest BCUT2D eigenvalue weighted by Gasteiger charge is 2.64. The fourth-order valence-electron chi connectivity index (χ4n) is 6.76. The third kappa shape index (κ3) is 6.90. The van der Waals surface area contributed by atoms with Gasteiger partial charge in [0, 0.05) is 29.2 Å². The lowest BCUT2D eigenvalue weighted by molar-refractivity contribution is -0.124. The molecule has 2 heterocycles. The molecular formula is C32H42Cl2FN3O3. The Morgan fingerprint density at radius 3 is 2.71 bits per heavy atom. The molecule has 3 aliphatic rings. The molecule has 224 valence electrons. The van der Waals surface area contributed by atoms with Crippen LogP contribution < -0.4 is 16.0 Å². The molecular weight excluding hydrogens is 564 g/mol. The van der Waals surface area contributed by atoms with Gasteiger partial charge < -0.3 is 21.1 Å². The number of aliphatic hydroxyl groups excluding tert-OH is 1. The van der Waals surface area contributed by atoms with E-state index >= 15 is 0 Å². The normalized spacial score (nSPS) is 30.1. The average Bonchev–Trinajstić information content (AvgIpc) is 3.53. The maximum Gasteiger partial charge on any atom is 0.237 e. The number of rotatable bonds is 9. The maximum atomic E-state index is 15.0. The Bertz CT molecular complexity index is 1240. The number of amides is 2. The van der Waals surface area contributed by atoms with Crippen molar-refractivity contribution in [2.45, 2.75) is 89.8 Å². The molecule has 1 spiro atoms. The topological polar surface area (TPSA) is 90.5 Å². The van der Waals surface area contributed by atoms with Crippen molar-refractivity contribution in [2.75, 3.05) is 11.9 Å². The number of hydrogen-bond acceptors (Lipinski definition) is 4. The number of carbonyl (C=O) groups excluding carboxylic acids is 2.